The Balaban J connectivity index is 1.42. The van der Waals surface area contributed by atoms with Gasteiger partial charge < -0.3 is 9.16 Å². The third kappa shape index (κ3) is 5.72. The highest BCUT2D eigenvalue weighted by molar-refractivity contribution is 6.99. The predicted octanol–water partition coefficient (Wildman–Crippen LogP) is 7.54. The van der Waals surface area contributed by atoms with Gasteiger partial charge in [-0.2, -0.15) is 0 Å². The lowest BCUT2D eigenvalue weighted by Gasteiger charge is -2.53. The van der Waals surface area contributed by atoms with Crippen LogP contribution in [0.15, 0.2) is 121 Å². The smallest absolute Gasteiger partial charge is 0.410 e. The normalized spacial score (nSPS) is 25.7. The SMILES string of the molecule is CC(C)(C)OC(=O)N1C2CC3(c4ccccc4)CC1[C@H](O[Si](c1ccccc1)(c1ccccc1)C(C)(C)C)C2N(Cc1ccccc1)C3. The summed E-state index contributed by atoms with van der Waals surface area (Å²) < 4.78 is 14.3. The third-order valence-corrected chi connectivity index (χ3v) is 15.9. The molecule has 3 aliphatic heterocycles. The molecule has 3 saturated heterocycles. The Morgan fingerprint density at radius 3 is 1.75 bits per heavy atom. The van der Waals surface area contributed by atoms with Crippen molar-refractivity contribution in [2.75, 3.05) is 6.54 Å². The number of carbonyl (C=O) groups excluding carboxylic acids is 1. The second-order valence-corrected chi connectivity index (χ2v) is 20.5. The Labute approximate surface area is 288 Å². The molecule has 3 bridgehead atoms. The highest BCUT2D eigenvalue weighted by atomic mass is 28.4. The topological polar surface area (TPSA) is 42.0 Å². The fraction of sp³-hybridized carbons (Fsp3) is 0.405. The Morgan fingerprint density at radius 2 is 1.23 bits per heavy atom. The Bertz CT molecular complexity index is 1660. The highest BCUT2D eigenvalue weighted by Gasteiger charge is 2.67. The molecule has 1 amide bonds. The van der Waals surface area contributed by atoms with Gasteiger partial charge in [0.25, 0.3) is 8.32 Å². The van der Waals surface area contributed by atoms with Crippen LogP contribution in [-0.4, -0.2) is 60.6 Å². The summed E-state index contributed by atoms with van der Waals surface area (Å²) in [7, 11) is -2.96. The molecule has 0 aliphatic carbocycles. The van der Waals surface area contributed by atoms with E-state index in [9.17, 15) is 4.79 Å². The van der Waals surface area contributed by atoms with Crippen molar-refractivity contribution < 1.29 is 14.0 Å². The Kier molecular flexibility index (Phi) is 8.42. The second kappa shape index (κ2) is 12.3. The van der Waals surface area contributed by atoms with Gasteiger partial charge in [0.15, 0.2) is 0 Å². The van der Waals surface area contributed by atoms with E-state index < -0.39 is 13.9 Å². The Hall–Kier alpha value is -3.71. The number of carbonyl (C=O) groups is 1. The molecule has 0 aromatic heterocycles. The van der Waals surface area contributed by atoms with Gasteiger partial charge in [0.1, 0.15) is 5.60 Å². The van der Waals surface area contributed by atoms with E-state index in [-0.39, 0.29) is 40.8 Å². The lowest BCUT2D eigenvalue weighted by atomic mass is 9.67. The van der Waals surface area contributed by atoms with E-state index >= 15 is 0 Å². The van der Waals surface area contributed by atoms with Crippen LogP contribution in [-0.2, 0) is 21.1 Å². The number of fused-ring (bicyclic) bond motifs is 2. The number of likely N-dealkylation sites (tertiary alicyclic amines) is 1. The molecular weight excluding hydrogens is 609 g/mol. The van der Waals surface area contributed by atoms with Crippen molar-refractivity contribution in [2.24, 2.45) is 0 Å². The van der Waals surface area contributed by atoms with Crippen LogP contribution in [0.3, 0.4) is 0 Å². The fourth-order valence-electron chi connectivity index (χ4n) is 9.13. The van der Waals surface area contributed by atoms with Gasteiger partial charge in [0, 0.05) is 18.5 Å². The maximum Gasteiger partial charge on any atom is 0.410 e. The minimum absolute atomic E-state index is 0.0173. The van der Waals surface area contributed by atoms with Crippen molar-refractivity contribution in [3.8, 4) is 0 Å². The molecule has 3 heterocycles. The van der Waals surface area contributed by atoms with Crippen molar-refractivity contribution in [1.82, 2.24) is 9.80 Å². The van der Waals surface area contributed by atoms with Crippen molar-refractivity contribution >= 4 is 24.8 Å². The first-order valence-electron chi connectivity index (χ1n) is 17.6. The van der Waals surface area contributed by atoms with Crippen LogP contribution >= 0.6 is 0 Å². The van der Waals surface area contributed by atoms with Crippen LogP contribution in [0.4, 0.5) is 4.79 Å². The van der Waals surface area contributed by atoms with Gasteiger partial charge in [0.2, 0.25) is 0 Å². The zero-order valence-electron chi connectivity index (χ0n) is 29.3. The fourth-order valence-corrected chi connectivity index (χ4v) is 13.9. The number of ether oxygens (including phenoxy) is 1. The quantitative estimate of drug-likeness (QED) is 0.193. The number of rotatable bonds is 7. The van der Waals surface area contributed by atoms with Crippen molar-refractivity contribution in [1.29, 1.82) is 0 Å². The molecule has 4 unspecified atom stereocenters. The Morgan fingerprint density at radius 1 is 0.729 bits per heavy atom. The second-order valence-electron chi connectivity index (χ2n) is 16.2. The highest BCUT2D eigenvalue weighted by Crippen LogP contribution is 2.55. The van der Waals surface area contributed by atoms with E-state index in [2.05, 4.69) is 152 Å². The van der Waals surface area contributed by atoms with Gasteiger partial charge in [-0.3, -0.25) is 9.80 Å². The maximum atomic E-state index is 14.3. The summed E-state index contributed by atoms with van der Waals surface area (Å²) in [6, 6.07) is 43.5. The average Bonchev–Trinajstić information content (AvgIpc) is 3.20. The number of hydrogen-bond donors (Lipinski definition) is 0. The van der Waals surface area contributed by atoms with Crippen LogP contribution < -0.4 is 10.4 Å². The lowest BCUT2D eigenvalue weighted by molar-refractivity contribution is -0.0299. The molecule has 7 rings (SSSR count). The van der Waals surface area contributed by atoms with Crippen LogP contribution in [0.5, 0.6) is 0 Å². The minimum Gasteiger partial charge on any atom is -0.444 e. The van der Waals surface area contributed by atoms with E-state index in [1.807, 2.05) is 20.8 Å². The number of piperidine rings is 2. The van der Waals surface area contributed by atoms with Crippen LogP contribution in [0.2, 0.25) is 5.04 Å². The zero-order chi connectivity index (χ0) is 33.7. The summed E-state index contributed by atoms with van der Waals surface area (Å²) in [4.78, 5) is 19.1. The first-order chi connectivity index (χ1) is 22.9. The van der Waals surface area contributed by atoms with Crippen molar-refractivity contribution in [3.05, 3.63) is 132 Å². The summed E-state index contributed by atoms with van der Waals surface area (Å²) in [5.41, 5.74) is 1.93. The minimum atomic E-state index is -2.96. The number of nitrogens with zero attached hydrogens (tertiary/aromatic N) is 2. The predicted molar refractivity (Wildman–Crippen MR) is 196 cm³/mol. The van der Waals surface area contributed by atoms with Gasteiger partial charge in [-0.25, -0.2) is 4.79 Å². The first kappa shape index (κ1) is 32.8. The summed E-state index contributed by atoms with van der Waals surface area (Å²) >= 11 is 0. The van der Waals surface area contributed by atoms with Gasteiger partial charge in [-0.05, 0) is 60.2 Å². The first-order valence-corrected chi connectivity index (χ1v) is 19.5. The van der Waals surface area contributed by atoms with E-state index in [1.165, 1.54) is 21.5 Å². The summed E-state index contributed by atoms with van der Waals surface area (Å²) in [6.07, 6.45) is 1.30. The van der Waals surface area contributed by atoms with Gasteiger partial charge in [-0.15, -0.1) is 0 Å². The van der Waals surface area contributed by atoms with Gasteiger partial charge >= 0.3 is 6.09 Å². The van der Waals surface area contributed by atoms with Crippen molar-refractivity contribution in [3.63, 3.8) is 0 Å². The average molecular weight is 659 g/mol. The molecule has 0 saturated carbocycles. The molecule has 5 atom stereocenters. The molecule has 3 fully saturated rings. The maximum absolute atomic E-state index is 14.3. The van der Waals surface area contributed by atoms with E-state index in [0.717, 1.165) is 25.9 Å². The molecule has 0 N–H and O–H groups in total. The molecule has 5 nitrogen and oxygen atoms in total. The van der Waals surface area contributed by atoms with Crippen molar-refractivity contribution in [2.45, 2.75) is 101 Å². The molecule has 6 heteroatoms. The van der Waals surface area contributed by atoms with Crippen LogP contribution in [0, 0.1) is 0 Å². The number of amides is 1. The van der Waals surface area contributed by atoms with Crippen LogP contribution in [0.25, 0.3) is 0 Å². The molecule has 250 valence electrons. The zero-order valence-corrected chi connectivity index (χ0v) is 30.3. The standard InChI is InChI=1S/C42H50N2O3Si/c1-40(2,3)46-39(45)44-35-27-42(32-21-13-8-14-22-32)28-36(44)38(37(35)43(30-42)29-31-19-11-7-12-20-31)47-48(41(4,5)6,33-23-15-9-16-24-33)34-25-17-10-18-26-34/h7-26,35-38H,27-30H2,1-6H3/t35?,36?,37?,38-,42?/m0/s1. The molecule has 4 aromatic carbocycles. The van der Waals surface area contributed by atoms with E-state index in [0.29, 0.717) is 0 Å². The van der Waals surface area contributed by atoms with E-state index in [4.69, 9.17) is 9.16 Å². The molecule has 0 spiro atoms. The lowest BCUT2D eigenvalue weighted by Crippen LogP contribution is -2.69. The molecule has 4 aromatic rings. The van der Waals surface area contributed by atoms with E-state index in [1.54, 1.807) is 0 Å². The third-order valence-electron chi connectivity index (χ3n) is 10.9. The van der Waals surface area contributed by atoms with Gasteiger partial charge in [-0.1, -0.05) is 142 Å². The summed E-state index contributed by atoms with van der Waals surface area (Å²) in [5, 5.41) is 2.33. The number of hydrogen-bond acceptors (Lipinski definition) is 4. The van der Waals surface area contributed by atoms with Gasteiger partial charge in [0.05, 0.1) is 24.2 Å². The number of benzene rings is 4. The monoisotopic (exact) mass is 658 g/mol. The largest absolute Gasteiger partial charge is 0.444 e. The molecule has 0 radical (unpaired) electrons. The summed E-state index contributed by atoms with van der Waals surface area (Å²) in [5.74, 6) is 0. The molecule has 3 aliphatic rings. The molecule has 48 heavy (non-hydrogen) atoms. The summed E-state index contributed by atoms with van der Waals surface area (Å²) in [6.45, 7) is 14.6. The van der Waals surface area contributed by atoms with Crippen LogP contribution in [0.1, 0.15) is 65.5 Å². The molecular formula is C42H50N2O3Si.